The number of anilines is 1. The molecule has 0 atom stereocenters. The van der Waals surface area contributed by atoms with E-state index in [-0.39, 0.29) is 6.03 Å². The van der Waals surface area contributed by atoms with E-state index in [4.69, 9.17) is 6.42 Å². The molecule has 0 saturated heterocycles. The topological polar surface area (TPSA) is 41.1 Å². The summed E-state index contributed by atoms with van der Waals surface area (Å²) in [5.74, 6) is 2.49. The van der Waals surface area contributed by atoms with Gasteiger partial charge in [-0.3, -0.25) is 0 Å². The Morgan fingerprint density at radius 2 is 2.00 bits per heavy atom. The van der Waals surface area contributed by atoms with E-state index in [1.807, 2.05) is 0 Å². The Morgan fingerprint density at radius 3 is 2.46 bits per heavy atom. The predicted octanol–water partition coefficient (Wildman–Crippen LogP) is 1.42. The molecule has 13 heavy (non-hydrogen) atoms. The second kappa shape index (κ2) is 4.17. The molecule has 1 rings (SSSR count). The van der Waals surface area contributed by atoms with Crippen LogP contribution in [0.15, 0.2) is 24.3 Å². The maximum atomic E-state index is 10.9. The molecule has 0 aliphatic rings. The third-order valence-electron chi connectivity index (χ3n) is 1.54. The van der Waals surface area contributed by atoms with Gasteiger partial charge in [-0.15, -0.1) is 6.42 Å². The second-order valence-corrected chi connectivity index (χ2v) is 2.43. The van der Waals surface area contributed by atoms with Crippen LogP contribution in [0, 0.1) is 12.3 Å². The smallest absolute Gasteiger partial charge is 0.318 e. The molecule has 0 fully saturated rings. The standard InChI is InChI=1S/C10H10N2O/c1-3-8-4-6-9(7-5-8)12-10(13)11-2/h1,4-7H,2H3,(H2,11,12,13). The number of hydrogen-bond acceptors (Lipinski definition) is 1. The summed E-state index contributed by atoms with van der Waals surface area (Å²) in [4.78, 5) is 10.9. The van der Waals surface area contributed by atoms with E-state index in [9.17, 15) is 4.79 Å². The van der Waals surface area contributed by atoms with Crippen molar-refractivity contribution in [2.45, 2.75) is 0 Å². The average molecular weight is 174 g/mol. The number of benzene rings is 1. The molecule has 66 valence electrons. The summed E-state index contributed by atoms with van der Waals surface area (Å²) >= 11 is 0. The third-order valence-corrected chi connectivity index (χ3v) is 1.54. The SMILES string of the molecule is C#Cc1ccc(NC(=O)NC)cc1. The molecular formula is C10H10N2O. The summed E-state index contributed by atoms with van der Waals surface area (Å²) in [5.41, 5.74) is 1.51. The Kier molecular flexibility index (Phi) is 2.93. The maximum absolute atomic E-state index is 10.9. The lowest BCUT2D eigenvalue weighted by atomic mass is 10.2. The molecule has 0 spiro atoms. The average Bonchev–Trinajstić information content (AvgIpc) is 2.19. The van der Waals surface area contributed by atoms with Gasteiger partial charge < -0.3 is 10.6 Å². The lowest BCUT2D eigenvalue weighted by Crippen LogP contribution is -2.24. The van der Waals surface area contributed by atoms with Crippen LogP contribution in [0.3, 0.4) is 0 Å². The maximum Gasteiger partial charge on any atom is 0.318 e. The Labute approximate surface area is 77.2 Å². The molecule has 0 aromatic heterocycles. The minimum absolute atomic E-state index is 0.242. The lowest BCUT2D eigenvalue weighted by molar-refractivity contribution is 0.254. The fourth-order valence-electron chi connectivity index (χ4n) is 0.843. The van der Waals surface area contributed by atoms with Crippen LogP contribution in [0.25, 0.3) is 0 Å². The number of hydrogen-bond donors (Lipinski definition) is 2. The van der Waals surface area contributed by atoms with Crippen LogP contribution in [0.4, 0.5) is 10.5 Å². The number of urea groups is 1. The van der Waals surface area contributed by atoms with E-state index in [0.717, 1.165) is 11.3 Å². The van der Waals surface area contributed by atoms with Crippen molar-refractivity contribution in [3.05, 3.63) is 29.8 Å². The Hall–Kier alpha value is -1.95. The summed E-state index contributed by atoms with van der Waals surface area (Å²) in [6, 6.07) is 6.80. The van der Waals surface area contributed by atoms with Crippen LogP contribution in [0.1, 0.15) is 5.56 Å². The van der Waals surface area contributed by atoms with Gasteiger partial charge in [0.1, 0.15) is 0 Å². The molecule has 3 heteroatoms. The Bertz CT molecular complexity index is 335. The molecule has 1 aromatic rings. The molecule has 3 nitrogen and oxygen atoms in total. The highest BCUT2D eigenvalue weighted by Crippen LogP contribution is 2.07. The molecule has 0 aliphatic heterocycles. The summed E-state index contributed by atoms with van der Waals surface area (Å²) in [7, 11) is 1.56. The van der Waals surface area contributed by atoms with Crippen molar-refractivity contribution in [3.8, 4) is 12.3 Å². The fraction of sp³-hybridized carbons (Fsp3) is 0.100. The molecule has 0 bridgehead atoms. The molecule has 0 unspecified atom stereocenters. The first-order valence-electron chi connectivity index (χ1n) is 3.81. The summed E-state index contributed by atoms with van der Waals surface area (Å²) < 4.78 is 0. The first-order valence-corrected chi connectivity index (χ1v) is 3.81. The van der Waals surface area contributed by atoms with Crippen molar-refractivity contribution in [3.63, 3.8) is 0 Å². The summed E-state index contributed by atoms with van der Waals surface area (Å²) in [6.45, 7) is 0. The molecule has 0 aliphatic carbocycles. The third kappa shape index (κ3) is 2.53. The van der Waals surface area contributed by atoms with Gasteiger partial charge in [0.05, 0.1) is 0 Å². The quantitative estimate of drug-likeness (QED) is 0.621. The normalized spacial score (nSPS) is 8.62. The predicted molar refractivity (Wildman–Crippen MR) is 52.5 cm³/mol. The highest BCUT2D eigenvalue weighted by molar-refractivity contribution is 5.88. The number of carbonyl (C=O) groups excluding carboxylic acids is 1. The van der Waals surface area contributed by atoms with Crippen molar-refractivity contribution < 1.29 is 4.79 Å². The Balaban J connectivity index is 2.71. The van der Waals surface area contributed by atoms with Gasteiger partial charge in [-0.2, -0.15) is 0 Å². The molecule has 0 heterocycles. The zero-order valence-corrected chi connectivity index (χ0v) is 7.29. The van der Waals surface area contributed by atoms with Gasteiger partial charge >= 0.3 is 6.03 Å². The van der Waals surface area contributed by atoms with Gasteiger partial charge in [0.25, 0.3) is 0 Å². The monoisotopic (exact) mass is 174 g/mol. The lowest BCUT2D eigenvalue weighted by Gasteiger charge is -2.03. The van der Waals surface area contributed by atoms with Gasteiger partial charge in [-0.1, -0.05) is 5.92 Å². The van der Waals surface area contributed by atoms with Crippen molar-refractivity contribution in [1.82, 2.24) is 5.32 Å². The number of nitrogens with one attached hydrogen (secondary N) is 2. The minimum Gasteiger partial charge on any atom is -0.341 e. The van der Waals surface area contributed by atoms with E-state index in [0.29, 0.717) is 0 Å². The molecular weight excluding hydrogens is 164 g/mol. The number of rotatable bonds is 1. The minimum atomic E-state index is -0.242. The van der Waals surface area contributed by atoms with Crippen molar-refractivity contribution in [1.29, 1.82) is 0 Å². The zero-order chi connectivity index (χ0) is 9.68. The van der Waals surface area contributed by atoms with E-state index in [1.165, 1.54) is 0 Å². The van der Waals surface area contributed by atoms with E-state index >= 15 is 0 Å². The molecule has 0 radical (unpaired) electrons. The van der Waals surface area contributed by atoms with Crippen LogP contribution >= 0.6 is 0 Å². The van der Waals surface area contributed by atoms with Crippen LogP contribution in [-0.2, 0) is 0 Å². The number of terminal acetylenes is 1. The molecule has 1 aromatic carbocycles. The van der Waals surface area contributed by atoms with E-state index in [1.54, 1.807) is 31.3 Å². The van der Waals surface area contributed by atoms with Crippen LogP contribution < -0.4 is 10.6 Å². The van der Waals surface area contributed by atoms with Crippen molar-refractivity contribution in [2.24, 2.45) is 0 Å². The summed E-state index contributed by atoms with van der Waals surface area (Å²) in [6.07, 6.45) is 5.18. The molecule has 2 N–H and O–H groups in total. The highest BCUT2D eigenvalue weighted by atomic mass is 16.2. The van der Waals surface area contributed by atoms with Gasteiger partial charge in [0.15, 0.2) is 0 Å². The molecule has 0 saturated carbocycles. The Morgan fingerprint density at radius 1 is 1.38 bits per heavy atom. The van der Waals surface area contributed by atoms with Crippen LogP contribution in [-0.4, -0.2) is 13.1 Å². The number of amides is 2. The van der Waals surface area contributed by atoms with Gasteiger partial charge in [-0.05, 0) is 24.3 Å². The highest BCUT2D eigenvalue weighted by Gasteiger charge is 1.96. The zero-order valence-electron chi connectivity index (χ0n) is 7.29. The van der Waals surface area contributed by atoms with Crippen LogP contribution in [0.5, 0.6) is 0 Å². The molecule has 2 amide bonds. The van der Waals surface area contributed by atoms with Gasteiger partial charge in [0.2, 0.25) is 0 Å². The first kappa shape index (κ1) is 9.14. The van der Waals surface area contributed by atoms with Crippen molar-refractivity contribution >= 4 is 11.7 Å². The van der Waals surface area contributed by atoms with E-state index < -0.39 is 0 Å². The first-order chi connectivity index (χ1) is 6.26. The van der Waals surface area contributed by atoms with Crippen LogP contribution in [0.2, 0.25) is 0 Å². The van der Waals surface area contributed by atoms with Gasteiger partial charge in [0, 0.05) is 18.3 Å². The number of carbonyl (C=O) groups is 1. The fourth-order valence-corrected chi connectivity index (χ4v) is 0.843. The van der Waals surface area contributed by atoms with Crippen molar-refractivity contribution in [2.75, 3.05) is 12.4 Å². The summed E-state index contributed by atoms with van der Waals surface area (Å²) in [5, 5.41) is 5.08. The largest absolute Gasteiger partial charge is 0.341 e. The second-order valence-electron chi connectivity index (χ2n) is 2.43. The van der Waals surface area contributed by atoms with Gasteiger partial charge in [-0.25, -0.2) is 4.79 Å². The van der Waals surface area contributed by atoms with E-state index in [2.05, 4.69) is 16.6 Å².